The van der Waals surface area contributed by atoms with Gasteiger partial charge >= 0.3 is 0 Å². The van der Waals surface area contributed by atoms with Crippen molar-refractivity contribution in [1.82, 2.24) is 9.78 Å². The van der Waals surface area contributed by atoms with Crippen LogP contribution in [0.3, 0.4) is 0 Å². The van der Waals surface area contributed by atoms with E-state index in [0.29, 0.717) is 0 Å². The van der Waals surface area contributed by atoms with Gasteiger partial charge in [-0.05, 0) is 36.6 Å². The van der Waals surface area contributed by atoms with Crippen LogP contribution in [0.2, 0.25) is 5.02 Å². The van der Waals surface area contributed by atoms with E-state index in [2.05, 4.69) is 5.10 Å². The van der Waals surface area contributed by atoms with Gasteiger partial charge in [-0.1, -0.05) is 23.7 Å². The van der Waals surface area contributed by atoms with Crippen molar-refractivity contribution in [3.05, 3.63) is 52.8 Å². The number of aliphatic hydroxyl groups excluding tert-OH is 1. The quantitative estimate of drug-likeness (QED) is 0.902. The van der Waals surface area contributed by atoms with Gasteiger partial charge in [0.05, 0.1) is 0 Å². The molecule has 1 N–H and O–H groups in total. The summed E-state index contributed by atoms with van der Waals surface area (Å²) in [5.74, 6) is 0.150. The molecule has 0 saturated carbocycles. The molecule has 0 spiro atoms. The SMILES string of the molecule is Cn1nccc1CCC(CO)c1ccc(Cl)cc1. The molecule has 4 heteroatoms. The standard InChI is InChI=1S/C14H17ClN2O/c1-17-14(8-9-16-17)7-4-12(10-18)11-2-5-13(15)6-3-11/h2-3,5-6,8-9,12,18H,4,7,10H2,1H3. The van der Waals surface area contributed by atoms with Gasteiger partial charge in [-0.15, -0.1) is 0 Å². The van der Waals surface area contributed by atoms with Gasteiger partial charge in [0.1, 0.15) is 0 Å². The molecule has 2 rings (SSSR count). The Morgan fingerprint density at radius 2 is 2.00 bits per heavy atom. The van der Waals surface area contributed by atoms with Crippen LogP contribution in [0.5, 0.6) is 0 Å². The molecule has 0 bridgehead atoms. The average Bonchev–Trinajstić information content (AvgIpc) is 2.78. The van der Waals surface area contributed by atoms with E-state index in [1.54, 1.807) is 6.20 Å². The minimum absolute atomic E-state index is 0.150. The van der Waals surface area contributed by atoms with Gasteiger partial charge in [0.25, 0.3) is 0 Å². The lowest BCUT2D eigenvalue weighted by Crippen LogP contribution is -2.07. The van der Waals surface area contributed by atoms with Crippen LogP contribution >= 0.6 is 11.6 Å². The molecular formula is C14H17ClN2O. The van der Waals surface area contributed by atoms with Gasteiger partial charge in [0.15, 0.2) is 0 Å². The number of aryl methyl sites for hydroxylation is 2. The molecule has 1 heterocycles. The molecule has 1 aromatic heterocycles. The number of halogens is 1. The van der Waals surface area contributed by atoms with Crippen LogP contribution in [-0.4, -0.2) is 21.5 Å². The normalized spacial score (nSPS) is 12.6. The predicted molar refractivity (Wildman–Crippen MR) is 72.8 cm³/mol. The molecule has 3 nitrogen and oxygen atoms in total. The van der Waals surface area contributed by atoms with Crippen LogP contribution in [0.4, 0.5) is 0 Å². The van der Waals surface area contributed by atoms with E-state index in [0.717, 1.165) is 23.4 Å². The number of nitrogens with zero attached hydrogens (tertiary/aromatic N) is 2. The Hall–Kier alpha value is -1.32. The van der Waals surface area contributed by atoms with Crippen molar-refractivity contribution in [2.45, 2.75) is 18.8 Å². The summed E-state index contributed by atoms with van der Waals surface area (Å²) in [5.41, 5.74) is 2.31. The van der Waals surface area contributed by atoms with Gasteiger partial charge in [0.2, 0.25) is 0 Å². The Balaban J connectivity index is 2.01. The molecule has 0 aliphatic heterocycles. The second kappa shape index (κ2) is 6.03. The van der Waals surface area contributed by atoms with Crippen molar-refractivity contribution < 1.29 is 5.11 Å². The summed E-state index contributed by atoms with van der Waals surface area (Å²) in [6, 6.07) is 9.70. The highest BCUT2D eigenvalue weighted by Crippen LogP contribution is 2.22. The first-order chi connectivity index (χ1) is 8.70. The number of benzene rings is 1. The molecular weight excluding hydrogens is 248 g/mol. The molecule has 96 valence electrons. The Labute approximate surface area is 112 Å². The predicted octanol–water partition coefficient (Wildman–Crippen LogP) is 2.78. The zero-order chi connectivity index (χ0) is 13.0. The molecule has 0 aliphatic carbocycles. The zero-order valence-electron chi connectivity index (χ0n) is 10.4. The van der Waals surface area contributed by atoms with Gasteiger partial charge in [-0.25, -0.2) is 0 Å². The van der Waals surface area contributed by atoms with Crippen molar-refractivity contribution in [2.24, 2.45) is 7.05 Å². The highest BCUT2D eigenvalue weighted by atomic mass is 35.5. The summed E-state index contributed by atoms with van der Waals surface area (Å²) in [4.78, 5) is 0. The molecule has 1 aromatic carbocycles. The topological polar surface area (TPSA) is 38.0 Å². The van der Waals surface area contributed by atoms with Crippen molar-refractivity contribution in [2.75, 3.05) is 6.61 Å². The van der Waals surface area contributed by atoms with Crippen molar-refractivity contribution in [3.8, 4) is 0 Å². The largest absolute Gasteiger partial charge is 0.396 e. The third-order valence-electron chi connectivity index (χ3n) is 3.23. The lowest BCUT2D eigenvalue weighted by atomic mass is 9.94. The third-order valence-corrected chi connectivity index (χ3v) is 3.49. The molecule has 0 amide bonds. The fourth-order valence-electron chi connectivity index (χ4n) is 2.07. The summed E-state index contributed by atoms with van der Waals surface area (Å²) < 4.78 is 1.87. The van der Waals surface area contributed by atoms with Crippen LogP contribution in [0.1, 0.15) is 23.6 Å². The molecule has 0 saturated heterocycles. The summed E-state index contributed by atoms with van der Waals surface area (Å²) in [6.45, 7) is 0.152. The number of rotatable bonds is 5. The van der Waals surface area contributed by atoms with E-state index < -0.39 is 0 Å². The first-order valence-corrected chi connectivity index (χ1v) is 6.41. The number of aromatic nitrogens is 2. The van der Waals surface area contributed by atoms with E-state index in [1.165, 1.54) is 5.69 Å². The van der Waals surface area contributed by atoms with Crippen LogP contribution in [0.15, 0.2) is 36.5 Å². The van der Waals surface area contributed by atoms with E-state index in [4.69, 9.17) is 11.6 Å². The highest BCUT2D eigenvalue weighted by molar-refractivity contribution is 6.30. The Kier molecular flexibility index (Phi) is 4.39. The monoisotopic (exact) mass is 264 g/mol. The summed E-state index contributed by atoms with van der Waals surface area (Å²) in [7, 11) is 1.94. The van der Waals surface area contributed by atoms with Gasteiger partial charge in [-0.2, -0.15) is 5.10 Å². The van der Waals surface area contributed by atoms with Gasteiger partial charge in [0, 0.05) is 36.5 Å². The summed E-state index contributed by atoms with van der Waals surface area (Å²) >= 11 is 5.86. The maximum Gasteiger partial charge on any atom is 0.0499 e. The highest BCUT2D eigenvalue weighted by Gasteiger charge is 2.11. The molecule has 1 atom stereocenters. The maximum absolute atomic E-state index is 9.49. The smallest absolute Gasteiger partial charge is 0.0499 e. The fraction of sp³-hybridized carbons (Fsp3) is 0.357. The molecule has 0 radical (unpaired) electrons. The summed E-state index contributed by atoms with van der Waals surface area (Å²) in [5, 5.41) is 14.4. The molecule has 18 heavy (non-hydrogen) atoms. The molecule has 0 fully saturated rings. The van der Waals surface area contributed by atoms with Gasteiger partial charge < -0.3 is 5.11 Å². The van der Waals surface area contributed by atoms with E-state index in [-0.39, 0.29) is 12.5 Å². The molecule has 2 aromatic rings. The van der Waals surface area contributed by atoms with Crippen molar-refractivity contribution in [3.63, 3.8) is 0 Å². The second-order valence-electron chi connectivity index (χ2n) is 4.42. The van der Waals surface area contributed by atoms with Crippen molar-refractivity contribution >= 4 is 11.6 Å². The average molecular weight is 265 g/mol. The Morgan fingerprint density at radius 1 is 1.28 bits per heavy atom. The van der Waals surface area contributed by atoms with Crippen LogP contribution in [0, 0.1) is 0 Å². The third kappa shape index (κ3) is 3.12. The molecule has 1 unspecified atom stereocenters. The Morgan fingerprint density at radius 3 is 2.56 bits per heavy atom. The number of hydrogen-bond acceptors (Lipinski definition) is 2. The van der Waals surface area contributed by atoms with Gasteiger partial charge in [-0.3, -0.25) is 4.68 Å². The minimum Gasteiger partial charge on any atom is -0.396 e. The van der Waals surface area contributed by atoms with Crippen LogP contribution in [-0.2, 0) is 13.5 Å². The lowest BCUT2D eigenvalue weighted by molar-refractivity contribution is 0.259. The van der Waals surface area contributed by atoms with Crippen molar-refractivity contribution in [1.29, 1.82) is 0 Å². The van der Waals surface area contributed by atoms with E-state index in [9.17, 15) is 5.11 Å². The van der Waals surface area contributed by atoms with E-state index >= 15 is 0 Å². The minimum atomic E-state index is 0.150. The lowest BCUT2D eigenvalue weighted by Gasteiger charge is -2.14. The Bertz CT molecular complexity index is 493. The number of aliphatic hydroxyl groups is 1. The van der Waals surface area contributed by atoms with Crippen LogP contribution in [0.25, 0.3) is 0 Å². The zero-order valence-corrected chi connectivity index (χ0v) is 11.1. The first kappa shape index (κ1) is 13.1. The van der Waals surface area contributed by atoms with Crippen LogP contribution < -0.4 is 0 Å². The maximum atomic E-state index is 9.49. The fourth-order valence-corrected chi connectivity index (χ4v) is 2.19. The molecule has 0 aliphatic rings. The van der Waals surface area contributed by atoms with E-state index in [1.807, 2.05) is 42.1 Å². The summed E-state index contributed by atoms with van der Waals surface area (Å²) in [6.07, 6.45) is 3.60. The number of hydrogen-bond donors (Lipinski definition) is 1. The first-order valence-electron chi connectivity index (χ1n) is 6.04. The second-order valence-corrected chi connectivity index (χ2v) is 4.85.